The lowest BCUT2D eigenvalue weighted by atomic mass is 9.93. The van der Waals surface area contributed by atoms with Crippen LogP contribution in [0.25, 0.3) is 0 Å². The first-order valence-corrected chi connectivity index (χ1v) is 9.39. The van der Waals surface area contributed by atoms with Gasteiger partial charge in [-0.25, -0.2) is 9.59 Å². The van der Waals surface area contributed by atoms with Gasteiger partial charge in [0.25, 0.3) is 0 Å². The van der Waals surface area contributed by atoms with Crippen LogP contribution in [0.1, 0.15) is 46.0 Å². The van der Waals surface area contributed by atoms with E-state index in [1.807, 2.05) is 30.3 Å². The molecule has 1 aliphatic carbocycles. The largest absolute Gasteiger partial charge is 0.491 e. The van der Waals surface area contributed by atoms with Gasteiger partial charge in [-0.2, -0.15) is 0 Å². The van der Waals surface area contributed by atoms with E-state index in [2.05, 4.69) is 18.7 Å². The minimum absolute atomic E-state index is 0.361. The molecule has 152 valence electrons. The highest BCUT2D eigenvalue weighted by Crippen LogP contribution is 2.24. The predicted molar refractivity (Wildman–Crippen MR) is 102 cm³/mol. The number of benzene rings is 1. The second-order valence-corrected chi connectivity index (χ2v) is 6.97. The fourth-order valence-corrected chi connectivity index (χ4v) is 3.20. The van der Waals surface area contributed by atoms with Crippen LogP contribution in [0.5, 0.6) is 5.75 Å². The molecule has 0 saturated heterocycles. The minimum Gasteiger partial charge on any atom is -0.491 e. The van der Waals surface area contributed by atoms with Crippen molar-refractivity contribution in [2.24, 2.45) is 0 Å². The van der Waals surface area contributed by atoms with Crippen LogP contribution in [0, 0.1) is 0 Å². The second kappa shape index (κ2) is 12.3. The third kappa shape index (κ3) is 9.40. The number of hydrogen-bond donors (Lipinski definition) is 3. The molecule has 7 heteroatoms. The van der Waals surface area contributed by atoms with Crippen molar-refractivity contribution in [2.75, 3.05) is 13.2 Å². The minimum atomic E-state index is -1.82. The summed E-state index contributed by atoms with van der Waals surface area (Å²) in [6, 6.07) is 10.8. The van der Waals surface area contributed by atoms with Gasteiger partial charge in [-0.05, 0) is 38.8 Å². The van der Waals surface area contributed by atoms with Gasteiger partial charge in [0, 0.05) is 18.6 Å². The van der Waals surface area contributed by atoms with Crippen molar-refractivity contribution in [3.8, 4) is 5.75 Å². The maximum atomic E-state index is 10.3. The molecule has 0 bridgehead atoms. The Morgan fingerprint density at radius 3 is 2.11 bits per heavy atom. The lowest BCUT2D eigenvalue weighted by molar-refractivity contribution is -0.159. The number of ether oxygens (including phenoxy) is 1. The van der Waals surface area contributed by atoms with Crippen LogP contribution in [0.3, 0.4) is 0 Å². The van der Waals surface area contributed by atoms with Crippen LogP contribution in [0.2, 0.25) is 0 Å². The quantitative estimate of drug-likeness (QED) is 0.623. The van der Waals surface area contributed by atoms with Crippen LogP contribution in [-0.2, 0) is 9.59 Å². The molecule has 1 fully saturated rings. The number of aliphatic hydroxyl groups excluding tert-OH is 1. The molecule has 1 unspecified atom stereocenters. The Morgan fingerprint density at radius 2 is 1.63 bits per heavy atom. The summed E-state index contributed by atoms with van der Waals surface area (Å²) in [6.07, 6.45) is 6.11. The van der Waals surface area contributed by atoms with Crippen molar-refractivity contribution in [1.29, 1.82) is 0 Å². The predicted octanol–water partition coefficient (Wildman–Crippen LogP) is 2.62. The van der Waals surface area contributed by atoms with E-state index in [4.69, 9.17) is 24.5 Å². The summed E-state index contributed by atoms with van der Waals surface area (Å²) in [5, 5.41) is 25.1. The van der Waals surface area contributed by atoms with Crippen molar-refractivity contribution in [3.63, 3.8) is 0 Å². The first-order chi connectivity index (χ1) is 12.8. The van der Waals surface area contributed by atoms with E-state index in [0.29, 0.717) is 25.2 Å². The summed E-state index contributed by atoms with van der Waals surface area (Å²) >= 11 is 0. The number of aliphatic hydroxyl groups is 1. The van der Waals surface area contributed by atoms with E-state index in [0.717, 1.165) is 5.75 Å². The number of carboxylic acids is 2. The SMILES string of the molecule is CC(C)N(CC(O)COc1ccccc1)C1CCCCC1.O=C(O)C(=O)O. The van der Waals surface area contributed by atoms with Crippen LogP contribution < -0.4 is 4.74 Å². The first-order valence-electron chi connectivity index (χ1n) is 9.39. The summed E-state index contributed by atoms with van der Waals surface area (Å²) in [7, 11) is 0. The number of carbonyl (C=O) groups is 2. The molecule has 27 heavy (non-hydrogen) atoms. The Bertz CT molecular complexity index is 545. The van der Waals surface area contributed by atoms with E-state index in [1.165, 1.54) is 32.1 Å². The molecule has 7 nitrogen and oxygen atoms in total. The fourth-order valence-electron chi connectivity index (χ4n) is 3.20. The lowest BCUT2D eigenvalue weighted by Gasteiger charge is -2.38. The zero-order valence-corrected chi connectivity index (χ0v) is 16.1. The topological polar surface area (TPSA) is 107 Å². The highest BCUT2D eigenvalue weighted by Gasteiger charge is 2.25. The van der Waals surface area contributed by atoms with Gasteiger partial charge in [-0.15, -0.1) is 0 Å². The third-order valence-corrected chi connectivity index (χ3v) is 4.50. The zero-order chi connectivity index (χ0) is 20.2. The second-order valence-electron chi connectivity index (χ2n) is 6.97. The summed E-state index contributed by atoms with van der Waals surface area (Å²) in [5.74, 6) is -2.82. The Hall–Kier alpha value is -2.12. The first kappa shape index (κ1) is 22.9. The van der Waals surface area contributed by atoms with Gasteiger partial charge in [0.15, 0.2) is 0 Å². The van der Waals surface area contributed by atoms with E-state index >= 15 is 0 Å². The van der Waals surface area contributed by atoms with Gasteiger partial charge < -0.3 is 20.1 Å². The molecule has 0 radical (unpaired) electrons. The number of rotatable bonds is 7. The van der Waals surface area contributed by atoms with E-state index in [-0.39, 0.29) is 0 Å². The standard InChI is InChI=1S/C18H29NO2.C2H2O4/c1-15(2)19(16-9-5-3-6-10-16)13-17(20)14-21-18-11-7-4-8-12-18;3-1(4)2(5)6/h4,7-8,11-12,15-17,20H,3,5-6,9-10,13-14H2,1-2H3;(H,3,4)(H,5,6). The summed E-state index contributed by atoms with van der Waals surface area (Å²) in [4.78, 5) is 20.7. The molecule has 0 aliphatic heterocycles. The molecule has 0 spiro atoms. The van der Waals surface area contributed by atoms with Crippen molar-refractivity contribution >= 4 is 11.9 Å². The molecule has 3 N–H and O–H groups in total. The van der Waals surface area contributed by atoms with E-state index in [9.17, 15) is 5.11 Å². The van der Waals surface area contributed by atoms with E-state index in [1.54, 1.807) is 0 Å². The van der Waals surface area contributed by atoms with Crippen LogP contribution in [0.15, 0.2) is 30.3 Å². The molecule has 0 heterocycles. The van der Waals surface area contributed by atoms with Crippen molar-refractivity contribution in [1.82, 2.24) is 4.90 Å². The van der Waals surface area contributed by atoms with Crippen LogP contribution in [-0.4, -0.2) is 63.5 Å². The zero-order valence-electron chi connectivity index (χ0n) is 16.1. The molecule has 1 aliphatic rings. The molecular formula is C20H31NO6. The molecule has 0 amide bonds. The molecule has 0 aromatic heterocycles. The molecule has 1 saturated carbocycles. The van der Waals surface area contributed by atoms with Gasteiger partial charge >= 0.3 is 11.9 Å². The molecular weight excluding hydrogens is 350 g/mol. The summed E-state index contributed by atoms with van der Waals surface area (Å²) < 4.78 is 5.66. The fraction of sp³-hybridized carbons (Fsp3) is 0.600. The van der Waals surface area contributed by atoms with Crippen molar-refractivity contribution in [3.05, 3.63) is 30.3 Å². The molecule has 1 atom stereocenters. The Balaban J connectivity index is 0.000000527. The molecule has 2 rings (SSSR count). The highest BCUT2D eigenvalue weighted by molar-refractivity contribution is 6.27. The average molecular weight is 381 g/mol. The number of aliphatic carboxylic acids is 2. The van der Waals surface area contributed by atoms with Gasteiger partial charge in [-0.3, -0.25) is 4.90 Å². The van der Waals surface area contributed by atoms with Gasteiger partial charge in [-0.1, -0.05) is 37.5 Å². The van der Waals surface area contributed by atoms with Gasteiger partial charge in [0.2, 0.25) is 0 Å². The van der Waals surface area contributed by atoms with Crippen molar-refractivity contribution < 1.29 is 29.6 Å². The van der Waals surface area contributed by atoms with Gasteiger partial charge in [0.1, 0.15) is 18.5 Å². The Kier molecular flexibility index (Phi) is 10.4. The van der Waals surface area contributed by atoms with Crippen LogP contribution >= 0.6 is 0 Å². The monoisotopic (exact) mass is 381 g/mol. The number of nitrogens with zero attached hydrogens (tertiary/aromatic N) is 1. The lowest BCUT2D eigenvalue weighted by Crippen LogP contribution is -2.46. The normalized spacial score (nSPS) is 15.7. The highest BCUT2D eigenvalue weighted by atomic mass is 16.5. The summed E-state index contributed by atoms with van der Waals surface area (Å²) in [6.45, 7) is 5.51. The van der Waals surface area contributed by atoms with E-state index < -0.39 is 18.0 Å². The van der Waals surface area contributed by atoms with Gasteiger partial charge in [0.05, 0.1) is 0 Å². The maximum Gasteiger partial charge on any atom is 0.414 e. The summed E-state index contributed by atoms with van der Waals surface area (Å²) in [5.41, 5.74) is 0. The Morgan fingerprint density at radius 1 is 1.07 bits per heavy atom. The maximum absolute atomic E-state index is 10.3. The number of carboxylic acid groups (broad SMARTS) is 2. The average Bonchev–Trinajstić information content (AvgIpc) is 2.66. The van der Waals surface area contributed by atoms with Crippen LogP contribution in [0.4, 0.5) is 0 Å². The number of para-hydroxylation sites is 1. The smallest absolute Gasteiger partial charge is 0.414 e. The molecule has 1 aromatic rings. The number of hydrogen-bond acceptors (Lipinski definition) is 5. The third-order valence-electron chi connectivity index (χ3n) is 4.50. The molecule has 1 aromatic carbocycles. The van der Waals surface area contributed by atoms with Crippen molar-refractivity contribution in [2.45, 2.75) is 64.1 Å². The Labute approximate surface area is 160 Å².